The summed E-state index contributed by atoms with van der Waals surface area (Å²) in [4.78, 5) is 8.90. The van der Waals surface area contributed by atoms with Gasteiger partial charge in [-0.05, 0) is 34.5 Å². The molecule has 2 aromatic rings. The van der Waals surface area contributed by atoms with Gasteiger partial charge in [0.15, 0.2) is 11.9 Å². The summed E-state index contributed by atoms with van der Waals surface area (Å²) in [5, 5.41) is 3.21. The number of rotatable bonds is 3. The van der Waals surface area contributed by atoms with Crippen LogP contribution >= 0.6 is 15.9 Å². The molecule has 0 amide bonds. The summed E-state index contributed by atoms with van der Waals surface area (Å²) in [6.45, 7) is 2.86. The maximum atomic E-state index is 5.90. The fourth-order valence-corrected chi connectivity index (χ4v) is 2.48. The first-order valence-electron chi connectivity index (χ1n) is 6.28. The van der Waals surface area contributed by atoms with E-state index in [-0.39, 0.29) is 6.10 Å². The third kappa shape index (κ3) is 2.42. The minimum Gasteiger partial charge on any atom is -0.482 e. The second-order valence-electron chi connectivity index (χ2n) is 4.37. The fourth-order valence-electron chi connectivity index (χ4n) is 2.15. The van der Waals surface area contributed by atoms with Gasteiger partial charge in [-0.1, -0.05) is 18.2 Å². The van der Waals surface area contributed by atoms with Gasteiger partial charge in [0.1, 0.15) is 11.6 Å². The molecular formula is C14H14BrN3O. The highest BCUT2D eigenvalue weighted by Gasteiger charge is 2.26. The molecule has 0 spiro atoms. The highest BCUT2D eigenvalue weighted by Crippen LogP contribution is 2.35. The van der Waals surface area contributed by atoms with E-state index in [4.69, 9.17) is 4.74 Å². The molecule has 1 atom stereocenters. The highest BCUT2D eigenvalue weighted by atomic mass is 79.9. The Morgan fingerprint density at radius 2 is 2.26 bits per heavy atom. The Morgan fingerprint density at radius 1 is 1.42 bits per heavy atom. The van der Waals surface area contributed by atoms with Crippen molar-refractivity contribution in [2.45, 2.75) is 19.4 Å². The first kappa shape index (κ1) is 12.4. The van der Waals surface area contributed by atoms with Crippen LogP contribution in [-0.2, 0) is 6.42 Å². The maximum Gasteiger partial charge on any atom is 0.171 e. The van der Waals surface area contributed by atoms with E-state index in [1.807, 2.05) is 25.1 Å². The summed E-state index contributed by atoms with van der Waals surface area (Å²) < 4.78 is 6.77. The topological polar surface area (TPSA) is 47.0 Å². The molecule has 0 saturated carbocycles. The molecule has 1 N–H and O–H groups in total. The molecule has 1 unspecified atom stereocenters. The zero-order valence-electron chi connectivity index (χ0n) is 10.6. The van der Waals surface area contributed by atoms with E-state index in [0.29, 0.717) is 0 Å². The van der Waals surface area contributed by atoms with Gasteiger partial charge in [-0.3, -0.25) is 0 Å². The predicted octanol–water partition coefficient (Wildman–Crippen LogP) is 3.35. The van der Waals surface area contributed by atoms with Crippen molar-refractivity contribution in [2.75, 3.05) is 11.9 Å². The monoisotopic (exact) mass is 319 g/mol. The van der Waals surface area contributed by atoms with Crippen molar-refractivity contribution in [3.63, 3.8) is 0 Å². The lowest BCUT2D eigenvalue weighted by atomic mass is 10.1. The van der Waals surface area contributed by atoms with Crippen LogP contribution in [0.4, 0.5) is 5.82 Å². The predicted molar refractivity (Wildman–Crippen MR) is 77.4 cm³/mol. The van der Waals surface area contributed by atoms with Crippen molar-refractivity contribution in [3.05, 3.63) is 46.3 Å². The van der Waals surface area contributed by atoms with E-state index in [0.717, 1.165) is 34.8 Å². The molecule has 0 fully saturated rings. The number of nitrogens with zero attached hydrogens (tertiary/aromatic N) is 2. The summed E-state index contributed by atoms with van der Waals surface area (Å²) in [5.41, 5.74) is 1.21. The SMILES string of the molecule is CCNc1nc(C2Cc3ccccc3O2)ncc1Br. The smallest absolute Gasteiger partial charge is 0.171 e. The molecule has 0 aliphatic carbocycles. The number of aromatic nitrogens is 2. The quantitative estimate of drug-likeness (QED) is 0.942. The molecule has 2 heterocycles. The Bertz CT molecular complexity index is 578. The van der Waals surface area contributed by atoms with Crippen LogP contribution in [0.5, 0.6) is 5.75 Å². The average Bonchev–Trinajstić information content (AvgIpc) is 2.85. The van der Waals surface area contributed by atoms with Crippen LogP contribution in [0.1, 0.15) is 24.4 Å². The Kier molecular flexibility index (Phi) is 3.38. The van der Waals surface area contributed by atoms with Gasteiger partial charge < -0.3 is 10.1 Å². The average molecular weight is 320 g/mol. The van der Waals surface area contributed by atoms with Crippen LogP contribution in [0.2, 0.25) is 0 Å². The molecule has 3 rings (SSSR count). The summed E-state index contributed by atoms with van der Waals surface area (Å²) in [7, 11) is 0. The molecule has 1 aromatic heterocycles. The molecule has 1 aliphatic rings. The Morgan fingerprint density at radius 3 is 3.05 bits per heavy atom. The molecule has 19 heavy (non-hydrogen) atoms. The molecular weight excluding hydrogens is 306 g/mol. The normalized spacial score (nSPS) is 16.8. The number of nitrogens with one attached hydrogen (secondary N) is 1. The van der Waals surface area contributed by atoms with Gasteiger partial charge in [0.05, 0.1) is 4.47 Å². The first-order valence-corrected chi connectivity index (χ1v) is 7.08. The van der Waals surface area contributed by atoms with Crippen LogP contribution in [0.15, 0.2) is 34.9 Å². The third-order valence-corrected chi connectivity index (χ3v) is 3.62. The zero-order valence-corrected chi connectivity index (χ0v) is 12.1. The van der Waals surface area contributed by atoms with Gasteiger partial charge in [-0.15, -0.1) is 0 Å². The fraction of sp³-hybridized carbons (Fsp3) is 0.286. The van der Waals surface area contributed by atoms with Crippen molar-refractivity contribution < 1.29 is 4.74 Å². The number of anilines is 1. The Balaban J connectivity index is 1.87. The lowest BCUT2D eigenvalue weighted by molar-refractivity contribution is 0.227. The van der Waals surface area contributed by atoms with Gasteiger partial charge in [-0.2, -0.15) is 0 Å². The second kappa shape index (κ2) is 5.17. The van der Waals surface area contributed by atoms with E-state index in [9.17, 15) is 0 Å². The molecule has 4 nitrogen and oxygen atoms in total. The van der Waals surface area contributed by atoms with Crippen molar-refractivity contribution in [2.24, 2.45) is 0 Å². The largest absolute Gasteiger partial charge is 0.482 e. The van der Waals surface area contributed by atoms with E-state index in [1.54, 1.807) is 6.20 Å². The highest BCUT2D eigenvalue weighted by molar-refractivity contribution is 9.10. The van der Waals surface area contributed by atoms with Crippen molar-refractivity contribution >= 4 is 21.7 Å². The molecule has 1 aromatic carbocycles. The zero-order chi connectivity index (χ0) is 13.2. The lowest BCUT2D eigenvalue weighted by Gasteiger charge is -2.11. The molecule has 1 aliphatic heterocycles. The number of hydrogen-bond acceptors (Lipinski definition) is 4. The van der Waals surface area contributed by atoms with E-state index in [1.165, 1.54) is 5.56 Å². The number of ether oxygens (including phenoxy) is 1. The number of halogens is 1. The summed E-state index contributed by atoms with van der Waals surface area (Å²) in [5.74, 6) is 2.46. The van der Waals surface area contributed by atoms with Crippen molar-refractivity contribution in [3.8, 4) is 5.75 Å². The summed E-state index contributed by atoms with van der Waals surface area (Å²) in [6.07, 6.45) is 2.50. The van der Waals surface area contributed by atoms with E-state index < -0.39 is 0 Å². The Hall–Kier alpha value is -1.62. The van der Waals surface area contributed by atoms with Crippen molar-refractivity contribution in [1.82, 2.24) is 9.97 Å². The van der Waals surface area contributed by atoms with Crippen LogP contribution in [0.3, 0.4) is 0 Å². The molecule has 98 valence electrons. The van der Waals surface area contributed by atoms with Crippen molar-refractivity contribution in [1.29, 1.82) is 0 Å². The molecule has 0 saturated heterocycles. The number of para-hydroxylation sites is 1. The van der Waals surface area contributed by atoms with E-state index in [2.05, 4.69) is 37.3 Å². The Labute approximate surface area is 120 Å². The number of hydrogen-bond donors (Lipinski definition) is 1. The first-order chi connectivity index (χ1) is 9.28. The number of benzene rings is 1. The minimum absolute atomic E-state index is 0.0945. The number of fused-ring (bicyclic) bond motifs is 1. The van der Waals surface area contributed by atoms with Gasteiger partial charge in [0.25, 0.3) is 0 Å². The molecule has 5 heteroatoms. The van der Waals surface area contributed by atoms with Crippen LogP contribution in [0, 0.1) is 0 Å². The van der Waals surface area contributed by atoms with Gasteiger partial charge in [0, 0.05) is 19.2 Å². The maximum absolute atomic E-state index is 5.90. The van der Waals surface area contributed by atoms with Gasteiger partial charge in [0.2, 0.25) is 0 Å². The standard InChI is InChI=1S/C14H14BrN3O/c1-2-16-13-10(15)8-17-14(18-13)12-7-9-5-3-4-6-11(9)19-12/h3-6,8,12H,2,7H2,1H3,(H,16,17,18). The minimum atomic E-state index is -0.0945. The van der Waals surface area contributed by atoms with Crippen LogP contribution in [0.25, 0.3) is 0 Å². The van der Waals surface area contributed by atoms with Gasteiger partial charge in [-0.25, -0.2) is 9.97 Å². The summed E-state index contributed by atoms with van der Waals surface area (Å²) >= 11 is 3.44. The third-order valence-electron chi connectivity index (χ3n) is 3.04. The summed E-state index contributed by atoms with van der Waals surface area (Å²) in [6, 6.07) is 8.07. The second-order valence-corrected chi connectivity index (χ2v) is 5.23. The molecule has 0 bridgehead atoms. The molecule has 0 radical (unpaired) electrons. The van der Waals surface area contributed by atoms with Gasteiger partial charge >= 0.3 is 0 Å². The lowest BCUT2D eigenvalue weighted by Crippen LogP contribution is -2.11. The van der Waals surface area contributed by atoms with E-state index >= 15 is 0 Å². The van der Waals surface area contributed by atoms with Crippen LogP contribution in [-0.4, -0.2) is 16.5 Å². The van der Waals surface area contributed by atoms with Crippen LogP contribution < -0.4 is 10.1 Å².